The van der Waals surface area contributed by atoms with Crippen LogP contribution in [0.5, 0.6) is 0 Å². The maximum atomic E-state index is 11.9. The van der Waals surface area contributed by atoms with E-state index in [1.54, 1.807) is 0 Å². The number of nitrogens with one attached hydrogen (secondary N) is 1. The average Bonchev–Trinajstić information content (AvgIpc) is 2.33. The van der Waals surface area contributed by atoms with Crippen LogP contribution in [0.4, 0.5) is 5.69 Å². The Morgan fingerprint density at radius 1 is 1.33 bits per heavy atom. The van der Waals surface area contributed by atoms with Crippen molar-refractivity contribution in [3.63, 3.8) is 0 Å². The van der Waals surface area contributed by atoms with Gasteiger partial charge in [-0.05, 0) is 56.0 Å². The Morgan fingerprint density at radius 2 is 2.00 bits per heavy atom. The number of benzene rings is 1. The third kappa shape index (κ3) is 3.82. The lowest BCUT2D eigenvalue weighted by Gasteiger charge is -2.19. The molecule has 1 aromatic rings. The maximum absolute atomic E-state index is 11.9. The Bertz CT molecular complexity index is 418. The van der Waals surface area contributed by atoms with Crippen LogP contribution in [0.15, 0.2) is 18.2 Å². The van der Waals surface area contributed by atoms with Crippen LogP contribution in [-0.4, -0.2) is 18.5 Å². The summed E-state index contributed by atoms with van der Waals surface area (Å²) in [6, 6.07) is 5.31. The van der Waals surface area contributed by atoms with Gasteiger partial charge in [-0.15, -0.1) is 0 Å². The Morgan fingerprint density at radius 3 is 2.56 bits per heavy atom. The first-order chi connectivity index (χ1) is 8.45. The highest BCUT2D eigenvalue weighted by Gasteiger charge is 2.20. The van der Waals surface area contributed by atoms with Crippen LogP contribution in [0.3, 0.4) is 0 Å². The van der Waals surface area contributed by atoms with Gasteiger partial charge in [-0.3, -0.25) is 4.79 Å². The van der Waals surface area contributed by atoms with E-state index in [0.717, 1.165) is 17.7 Å². The first-order valence-corrected chi connectivity index (χ1v) is 6.29. The van der Waals surface area contributed by atoms with Gasteiger partial charge in [-0.1, -0.05) is 13.0 Å². The largest absolute Gasteiger partial charge is 0.330 e. The van der Waals surface area contributed by atoms with Gasteiger partial charge in [0.2, 0.25) is 5.91 Å². The molecule has 0 spiro atoms. The lowest BCUT2D eigenvalue weighted by molar-refractivity contribution is -0.118. The quantitative estimate of drug-likeness (QED) is 0.740. The molecular weight excluding hydrogens is 226 g/mol. The minimum absolute atomic E-state index is 0.0848. The molecule has 0 heterocycles. The number of anilines is 1. The molecule has 1 aromatic carbocycles. The summed E-state index contributed by atoms with van der Waals surface area (Å²) in [5.41, 5.74) is 14.5. The van der Waals surface area contributed by atoms with Gasteiger partial charge in [-0.2, -0.15) is 0 Å². The lowest BCUT2D eigenvalue weighted by Crippen LogP contribution is -2.41. The second-order valence-electron chi connectivity index (χ2n) is 4.87. The van der Waals surface area contributed by atoms with Gasteiger partial charge in [0.05, 0.1) is 6.04 Å². The van der Waals surface area contributed by atoms with Gasteiger partial charge in [0.25, 0.3) is 0 Å². The molecule has 2 unspecified atom stereocenters. The summed E-state index contributed by atoms with van der Waals surface area (Å²) in [7, 11) is 0. The van der Waals surface area contributed by atoms with Crippen molar-refractivity contribution in [2.75, 3.05) is 11.9 Å². The van der Waals surface area contributed by atoms with E-state index in [2.05, 4.69) is 5.32 Å². The second-order valence-corrected chi connectivity index (χ2v) is 4.87. The molecule has 0 aliphatic carbocycles. The van der Waals surface area contributed by atoms with Gasteiger partial charge in [0.15, 0.2) is 0 Å². The predicted octanol–water partition coefficient (Wildman–Crippen LogP) is 1.55. The molecule has 4 nitrogen and oxygen atoms in total. The Hall–Kier alpha value is -1.39. The first-order valence-electron chi connectivity index (χ1n) is 6.29. The Balaban J connectivity index is 2.66. The van der Waals surface area contributed by atoms with Crippen molar-refractivity contribution in [1.82, 2.24) is 0 Å². The van der Waals surface area contributed by atoms with E-state index >= 15 is 0 Å². The SMILES string of the molecule is Cc1ccc(NC(=O)C(N)C(C)CCN)cc1C. The summed E-state index contributed by atoms with van der Waals surface area (Å²) in [4.78, 5) is 11.9. The third-order valence-electron chi connectivity index (χ3n) is 3.31. The molecule has 0 bridgehead atoms. The first kappa shape index (κ1) is 14.7. The van der Waals surface area contributed by atoms with Crippen LogP contribution >= 0.6 is 0 Å². The number of carbonyl (C=O) groups excluding carboxylic acids is 1. The molecule has 4 heteroatoms. The van der Waals surface area contributed by atoms with Crippen LogP contribution in [0.1, 0.15) is 24.5 Å². The average molecular weight is 249 g/mol. The van der Waals surface area contributed by atoms with E-state index in [1.807, 2.05) is 39.0 Å². The van der Waals surface area contributed by atoms with E-state index in [9.17, 15) is 4.79 Å². The molecule has 2 atom stereocenters. The molecule has 5 N–H and O–H groups in total. The van der Waals surface area contributed by atoms with Crippen molar-refractivity contribution in [3.05, 3.63) is 29.3 Å². The minimum atomic E-state index is -0.518. The van der Waals surface area contributed by atoms with Crippen molar-refractivity contribution in [1.29, 1.82) is 0 Å². The molecule has 0 aliphatic rings. The van der Waals surface area contributed by atoms with E-state index in [1.165, 1.54) is 5.56 Å². The Labute approximate surface area is 109 Å². The summed E-state index contributed by atoms with van der Waals surface area (Å²) in [6.07, 6.45) is 0.752. The van der Waals surface area contributed by atoms with Gasteiger partial charge in [0, 0.05) is 5.69 Å². The van der Waals surface area contributed by atoms with Gasteiger partial charge >= 0.3 is 0 Å². The molecular formula is C14H23N3O. The molecule has 100 valence electrons. The summed E-state index contributed by atoms with van der Waals surface area (Å²) in [6.45, 7) is 6.54. The number of amides is 1. The number of rotatable bonds is 5. The molecule has 0 saturated carbocycles. The molecule has 0 saturated heterocycles. The number of carbonyl (C=O) groups is 1. The topological polar surface area (TPSA) is 81.1 Å². The van der Waals surface area contributed by atoms with Gasteiger partial charge < -0.3 is 16.8 Å². The van der Waals surface area contributed by atoms with Crippen LogP contribution in [-0.2, 0) is 4.79 Å². The minimum Gasteiger partial charge on any atom is -0.330 e. The van der Waals surface area contributed by atoms with Crippen LogP contribution in [0, 0.1) is 19.8 Å². The second kappa shape index (κ2) is 6.52. The Kier molecular flexibility index (Phi) is 5.31. The summed E-state index contributed by atoms with van der Waals surface area (Å²) < 4.78 is 0. The fourth-order valence-electron chi connectivity index (χ4n) is 1.75. The molecule has 0 aromatic heterocycles. The van der Waals surface area contributed by atoms with Gasteiger partial charge in [-0.25, -0.2) is 0 Å². The van der Waals surface area contributed by atoms with Crippen molar-refractivity contribution in [3.8, 4) is 0 Å². The highest BCUT2D eigenvalue weighted by molar-refractivity contribution is 5.94. The van der Waals surface area contributed by atoms with E-state index in [-0.39, 0.29) is 11.8 Å². The normalized spacial score (nSPS) is 14.1. The van der Waals surface area contributed by atoms with Crippen LogP contribution in [0.25, 0.3) is 0 Å². The number of nitrogens with two attached hydrogens (primary N) is 2. The van der Waals surface area contributed by atoms with Crippen LogP contribution in [0.2, 0.25) is 0 Å². The van der Waals surface area contributed by atoms with Crippen molar-refractivity contribution >= 4 is 11.6 Å². The predicted molar refractivity (Wildman–Crippen MR) is 75.4 cm³/mol. The summed E-state index contributed by atoms with van der Waals surface area (Å²) >= 11 is 0. The fourth-order valence-corrected chi connectivity index (χ4v) is 1.75. The third-order valence-corrected chi connectivity index (χ3v) is 3.31. The van der Waals surface area contributed by atoms with Crippen molar-refractivity contribution < 1.29 is 4.79 Å². The van der Waals surface area contributed by atoms with Crippen molar-refractivity contribution in [2.45, 2.75) is 33.2 Å². The zero-order valence-corrected chi connectivity index (χ0v) is 11.4. The molecule has 0 fully saturated rings. The smallest absolute Gasteiger partial charge is 0.241 e. The number of hydrogen-bond donors (Lipinski definition) is 3. The van der Waals surface area contributed by atoms with Gasteiger partial charge in [0.1, 0.15) is 0 Å². The van der Waals surface area contributed by atoms with E-state index in [0.29, 0.717) is 6.54 Å². The molecule has 1 amide bonds. The van der Waals surface area contributed by atoms with E-state index in [4.69, 9.17) is 11.5 Å². The summed E-state index contributed by atoms with van der Waals surface area (Å²) in [5.74, 6) is -0.0688. The standard InChI is InChI=1S/C14H23N3O/c1-9-4-5-12(8-11(9)3)17-14(18)13(16)10(2)6-7-15/h4-5,8,10,13H,6-7,15-16H2,1-3H3,(H,17,18). The molecule has 0 aliphatic heterocycles. The maximum Gasteiger partial charge on any atom is 0.241 e. The monoisotopic (exact) mass is 249 g/mol. The van der Waals surface area contributed by atoms with E-state index < -0.39 is 6.04 Å². The fraction of sp³-hybridized carbons (Fsp3) is 0.500. The summed E-state index contributed by atoms with van der Waals surface area (Å²) in [5, 5.41) is 2.84. The van der Waals surface area contributed by atoms with Crippen molar-refractivity contribution in [2.24, 2.45) is 17.4 Å². The molecule has 18 heavy (non-hydrogen) atoms. The zero-order chi connectivity index (χ0) is 13.7. The van der Waals surface area contributed by atoms with Crippen LogP contribution < -0.4 is 16.8 Å². The zero-order valence-electron chi connectivity index (χ0n) is 11.4. The molecule has 1 rings (SSSR count). The highest BCUT2D eigenvalue weighted by atomic mass is 16.2. The number of aryl methyl sites for hydroxylation is 2. The number of hydrogen-bond acceptors (Lipinski definition) is 3. The molecule has 0 radical (unpaired) electrons. The highest BCUT2D eigenvalue weighted by Crippen LogP contribution is 2.15. The lowest BCUT2D eigenvalue weighted by atomic mass is 9.98.